The average molecular weight is 405 g/mol. The van der Waals surface area contributed by atoms with Gasteiger partial charge in [-0.1, -0.05) is 6.07 Å². The van der Waals surface area contributed by atoms with Crippen molar-refractivity contribution >= 4 is 15.8 Å². The third-order valence-corrected chi connectivity index (χ3v) is 7.93. The molecule has 0 saturated carbocycles. The first-order valence-electron chi connectivity index (χ1n) is 9.68. The molecule has 0 unspecified atom stereocenters. The molecule has 1 fully saturated rings. The molecule has 7 heteroatoms. The van der Waals surface area contributed by atoms with Gasteiger partial charge >= 0.3 is 0 Å². The lowest BCUT2D eigenvalue weighted by Gasteiger charge is -2.31. The number of nitrogens with zero attached hydrogens (tertiary/aromatic N) is 2. The van der Waals surface area contributed by atoms with Gasteiger partial charge in [0.05, 0.1) is 31.1 Å². The topological polar surface area (TPSA) is 63.8 Å². The van der Waals surface area contributed by atoms with Crippen molar-refractivity contribution in [3.05, 3.63) is 52.3 Å². The van der Waals surface area contributed by atoms with Crippen LogP contribution in [0.4, 0.5) is 0 Å². The number of Topliss-reactive ketones (excluding diaryl/α,β-unsaturated/α-hetero) is 1. The highest BCUT2D eigenvalue weighted by molar-refractivity contribution is 7.89. The zero-order valence-corrected chi connectivity index (χ0v) is 18.2. The van der Waals surface area contributed by atoms with Gasteiger partial charge in [0.2, 0.25) is 15.8 Å². The summed E-state index contributed by atoms with van der Waals surface area (Å²) >= 11 is 0. The number of quaternary nitrogens is 1. The molecule has 0 amide bonds. The number of sulfonamides is 1. The van der Waals surface area contributed by atoms with Gasteiger partial charge in [0.15, 0.2) is 0 Å². The molecule has 0 aliphatic carbocycles. The van der Waals surface area contributed by atoms with Crippen molar-refractivity contribution in [1.29, 1.82) is 0 Å². The molecule has 1 saturated heterocycles. The second-order valence-corrected chi connectivity index (χ2v) is 9.78. The number of piperazine rings is 1. The van der Waals surface area contributed by atoms with Crippen LogP contribution in [-0.2, 0) is 17.1 Å². The highest BCUT2D eigenvalue weighted by Crippen LogP contribution is 2.19. The predicted octanol–water partition coefficient (Wildman–Crippen LogP) is 1.03. The fourth-order valence-electron chi connectivity index (χ4n) is 3.70. The number of aryl methyl sites for hydroxylation is 3. The molecule has 0 bridgehead atoms. The van der Waals surface area contributed by atoms with Gasteiger partial charge in [0.25, 0.3) is 0 Å². The van der Waals surface area contributed by atoms with Crippen molar-refractivity contribution < 1.29 is 18.1 Å². The number of hydrogen-bond donors (Lipinski definition) is 1. The summed E-state index contributed by atoms with van der Waals surface area (Å²) in [5.41, 5.74) is 4.89. The van der Waals surface area contributed by atoms with Crippen LogP contribution < -0.4 is 4.90 Å². The first-order chi connectivity index (χ1) is 13.1. The van der Waals surface area contributed by atoms with Crippen molar-refractivity contribution in [2.24, 2.45) is 7.05 Å². The van der Waals surface area contributed by atoms with Crippen molar-refractivity contribution in [2.45, 2.75) is 32.6 Å². The monoisotopic (exact) mass is 404 g/mol. The van der Waals surface area contributed by atoms with Gasteiger partial charge in [0.1, 0.15) is 6.54 Å². The lowest BCUT2D eigenvalue weighted by Crippen LogP contribution is -3.15. The molecule has 3 rings (SSSR count). The summed E-state index contributed by atoms with van der Waals surface area (Å²) in [5, 5.41) is 0. The second-order valence-electron chi connectivity index (χ2n) is 7.84. The van der Waals surface area contributed by atoms with Crippen LogP contribution in [-0.4, -0.2) is 55.8 Å². The molecule has 1 aromatic heterocycles. The minimum absolute atomic E-state index is 0.127. The molecule has 1 aliphatic heterocycles. The van der Waals surface area contributed by atoms with E-state index in [0.29, 0.717) is 37.6 Å². The molecular formula is C21H30N3O3S+. The minimum atomic E-state index is -3.48. The van der Waals surface area contributed by atoms with Crippen LogP contribution in [0.15, 0.2) is 29.2 Å². The number of hydrogen-bond acceptors (Lipinski definition) is 3. The summed E-state index contributed by atoms with van der Waals surface area (Å²) in [4.78, 5) is 14.2. The van der Waals surface area contributed by atoms with Crippen LogP contribution in [0, 0.1) is 27.7 Å². The van der Waals surface area contributed by atoms with E-state index in [4.69, 9.17) is 0 Å². The highest BCUT2D eigenvalue weighted by Gasteiger charge is 2.31. The Morgan fingerprint density at radius 2 is 1.68 bits per heavy atom. The predicted molar refractivity (Wildman–Crippen MR) is 109 cm³/mol. The molecule has 0 spiro atoms. The molecule has 152 valence electrons. The van der Waals surface area contributed by atoms with E-state index < -0.39 is 10.0 Å². The lowest BCUT2D eigenvalue weighted by atomic mass is 10.1. The number of benzene rings is 1. The summed E-state index contributed by atoms with van der Waals surface area (Å²) in [6, 6.07) is 7.22. The van der Waals surface area contributed by atoms with E-state index in [1.807, 2.05) is 51.4 Å². The minimum Gasteiger partial charge on any atom is -0.351 e. The molecule has 1 aromatic carbocycles. The largest absolute Gasteiger partial charge is 0.351 e. The molecule has 0 atom stereocenters. The number of rotatable bonds is 5. The van der Waals surface area contributed by atoms with E-state index in [1.54, 1.807) is 16.4 Å². The molecule has 2 heterocycles. The van der Waals surface area contributed by atoms with Crippen LogP contribution in [0.5, 0.6) is 0 Å². The number of ketones is 1. The Labute approximate surface area is 167 Å². The first-order valence-corrected chi connectivity index (χ1v) is 11.1. The molecule has 28 heavy (non-hydrogen) atoms. The Balaban J connectivity index is 1.64. The quantitative estimate of drug-likeness (QED) is 0.757. The van der Waals surface area contributed by atoms with Gasteiger partial charge in [-0.25, -0.2) is 8.42 Å². The molecule has 6 nitrogen and oxygen atoms in total. The molecule has 1 aliphatic rings. The van der Waals surface area contributed by atoms with Crippen LogP contribution in [0.1, 0.15) is 32.9 Å². The second kappa shape index (κ2) is 7.81. The maximum absolute atomic E-state index is 12.9. The lowest BCUT2D eigenvalue weighted by molar-refractivity contribution is -0.895. The van der Waals surface area contributed by atoms with E-state index in [1.165, 1.54) is 0 Å². The Morgan fingerprint density at radius 3 is 2.21 bits per heavy atom. The maximum Gasteiger partial charge on any atom is 0.243 e. The maximum atomic E-state index is 12.9. The SMILES string of the molecule is Cc1ccc(S(=O)(=O)N2CC[NH+](CC(=O)c3cc(C)n(C)c3C)CC2)cc1C. The van der Waals surface area contributed by atoms with Gasteiger partial charge in [-0.05, 0) is 57.0 Å². The molecule has 2 aromatic rings. The fourth-order valence-corrected chi connectivity index (χ4v) is 5.23. The molecule has 1 N–H and O–H groups in total. The Morgan fingerprint density at radius 1 is 1.04 bits per heavy atom. The van der Waals surface area contributed by atoms with Gasteiger partial charge in [-0.15, -0.1) is 0 Å². The zero-order chi connectivity index (χ0) is 20.6. The highest BCUT2D eigenvalue weighted by atomic mass is 32.2. The summed E-state index contributed by atoms with van der Waals surface area (Å²) in [6.45, 7) is 10.4. The Hall–Kier alpha value is -1.96. The number of carbonyl (C=O) groups excluding carboxylic acids is 1. The standard InChI is InChI=1S/C21H29N3O3S/c1-15-6-7-19(12-16(15)2)28(26,27)24-10-8-23(9-11-24)14-21(25)20-13-17(3)22(5)18(20)4/h6-7,12-13H,8-11,14H2,1-5H3/p+1. The average Bonchev–Trinajstić information content (AvgIpc) is 2.92. The van der Waals surface area contributed by atoms with Gasteiger partial charge < -0.3 is 9.47 Å². The van der Waals surface area contributed by atoms with Gasteiger partial charge in [-0.2, -0.15) is 4.31 Å². The summed E-state index contributed by atoms with van der Waals surface area (Å²) in [7, 11) is -1.52. The fraction of sp³-hybridized carbons (Fsp3) is 0.476. The van der Waals surface area contributed by atoms with Crippen molar-refractivity contribution in [3.63, 3.8) is 0 Å². The van der Waals surface area contributed by atoms with E-state index in [2.05, 4.69) is 0 Å². The van der Waals surface area contributed by atoms with Crippen molar-refractivity contribution in [2.75, 3.05) is 32.7 Å². The van der Waals surface area contributed by atoms with E-state index >= 15 is 0 Å². The molecule has 0 radical (unpaired) electrons. The Kier molecular flexibility index (Phi) is 5.79. The summed E-state index contributed by atoms with van der Waals surface area (Å²) < 4.78 is 29.4. The number of nitrogens with one attached hydrogen (secondary N) is 1. The van der Waals surface area contributed by atoms with Crippen LogP contribution in [0.2, 0.25) is 0 Å². The van der Waals surface area contributed by atoms with E-state index in [0.717, 1.165) is 33.0 Å². The zero-order valence-electron chi connectivity index (χ0n) is 17.4. The van der Waals surface area contributed by atoms with Crippen LogP contribution >= 0.6 is 0 Å². The normalized spacial score (nSPS) is 16.5. The number of aromatic nitrogens is 1. The van der Waals surface area contributed by atoms with Crippen molar-refractivity contribution in [3.8, 4) is 0 Å². The van der Waals surface area contributed by atoms with E-state index in [-0.39, 0.29) is 5.78 Å². The Bertz CT molecular complexity index is 1000. The first kappa shape index (κ1) is 20.8. The smallest absolute Gasteiger partial charge is 0.243 e. The third kappa shape index (κ3) is 3.92. The van der Waals surface area contributed by atoms with Crippen molar-refractivity contribution in [1.82, 2.24) is 8.87 Å². The van der Waals surface area contributed by atoms with Gasteiger partial charge in [-0.3, -0.25) is 4.79 Å². The van der Waals surface area contributed by atoms with E-state index in [9.17, 15) is 13.2 Å². The van der Waals surface area contributed by atoms with Gasteiger partial charge in [0, 0.05) is 24.0 Å². The van der Waals surface area contributed by atoms with Crippen LogP contribution in [0.3, 0.4) is 0 Å². The number of carbonyl (C=O) groups is 1. The third-order valence-electron chi connectivity index (χ3n) is 6.03. The van der Waals surface area contributed by atoms with Crippen LogP contribution in [0.25, 0.3) is 0 Å². The molecular weight excluding hydrogens is 374 g/mol. The summed E-state index contributed by atoms with van der Waals surface area (Å²) in [6.07, 6.45) is 0. The summed E-state index contributed by atoms with van der Waals surface area (Å²) in [5.74, 6) is 0.127.